The lowest BCUT2D eigenvalue weighted by Crippen LogP contribution is -2.41. The average Bonchev–Trinajstić information content (AvgIpc) is 2.93. The summed E-state index contributed by atoms with van der Waals surface area (Å²) in [6.45, 7) is 2.20. The summed E-state index contributed by atoms with van der Waals surface area (Å²) in [5.41, 5.74) is 0.0711. The van der Waals surface area contributed by atoms with Crippen LogP contribution in [0.5, 0.6) is 0 Å². The highest BCUT2D eigenvalue weighted by atomic mass is 16.4. The van der Waals surface area contributed by atoms with Gasteiger partial charge in [0, 0.05) is 24.7 Å². The Morgan fingerprint density at radius 2 is 1.97 bits per heavy atom. The molecule has 5 heteroatoms. The molecule has 0 saturated heterocycles. The molecular formula is C25H40O5. The van der Waals surface area contributed by atoms with Crippen LogP contribution in [0.15, 0.2) is 24.3 Å². The SMILES string of the molecule is CCCCCC1([C@@H](O)C/C=C/[C@H]2[C@H](O)CC(=O)[C@@H]2C/C=C\CCCC(=O)O)CCC1. The van der Waals surface area contributed by atoms with Crippen molar-refractivity contribution < 1.29 is 24.9 Å². The van der Waals surface area contributed by atoms with Gasteiger partial charge in [0.05, 0.1) is 12.2 Å². The number of aliphatic hydroxyl groups excluding tert-OH is 2. The molecule has 0 aromatic rings. The third-order valence-corrected chi connectivity index (χ3v) is 7.10. The van der Waals surface area contributed by atoms with E-state index in [0.717, 1.165) is 19.3 Å². The summed E-state index contributed by atoms with van der Waals surface area (Å²) in [5, 5.41) is 29.8. The van der Waals surface area contributed by atoms with Crippen LogP contribution in [0.3, 0.4) is 0 Å². The zero-order valence-corrected chi connectivity index (χ0v) is 18.5. The molecule has 0 aliphatic heterocycles. The van der Waals surface area contributed by atoms with Gasteiger partial charge in [-0.3, -0.25) is 9.59 Å². The van der Waals surface area contributed by atoms with E-state index in [4.69, 9.17) is 5.11 Å². The second-order valence-electron chi connectivity index (χ2n) is 9.27. The molecular weight excluding hydrogens is 380 g/mol. The Morgan fingerprint density at radius 3 is 2.60 bits per heavy atom. The van der Waals surface area contributed by atoms with Crippen molar-refractivity contribution in [3.8, 4) is 0 Å². The number of carboxylic acid groups (broad SMARTS) is 1. The number of Topliss-reactive ketones (excluding diaryl/α,β-unsaturated/α-hetero) is 1. The molecule has 0 radical (unpaired) electrons. The molecule has 4 atom stereocenters. The molecule has 0 aromatic heterocycles. The number of rotatable bonds is 14. The number of carboxylic acids is 1. The summed E-state index contributed by atoms with van der Waals surface area (Å²) in [4.78, 5) is 22.8. The van der Waals surface area contributed by atoms with Crippen molar-refractivity contribution in [1.29, 1.82) is 0 Å². The van der Waals surface area contributed by atoms with E-state index in [9.17, 15) is 19.8 Å². The average molecular weight is 421 g/mol. The minimum atomic E-state index is -0.793. The highest BCUT2D eigenvalue weighted by Crippen LogP contribution is 2.49. The van der Waals surface area contributed by atoms with Crippen molar-refractivity contribution in [3.05, 3.63) is 24.3 Å². The third kappa shape index (κ3) is 7.05. The molecule has 30 heavy (non-hydrogen) atoms. The molecule has 3 N–H and O–H groups in total. The first-order valence-electron chi connectivity index (χ1n) is 11.8. The highest BCUT2D eigenvalue weighted by Gasteiger charge is 2.42. The van der Waals surface area contributed by atoms with E-state index >= 15 is 0 Å². The summed E-state index contributed by atoms with van der Waals surface area (Å²) >= 11 is 0. The van der Waals surface area contributed by atoms with Crippen LogP contribution in [0.4, 0.5) is 0 Å². The fourth-order valence-corrected chi connectivity index (χ4v) is 4.98. The van der Waals surface area contributed by atoms with E-state index in [2.05, 4.69) is 6.92 Å². The Bertz CT molecular complexity index is 605. The quantitative estimate of drug-likeness (QED) is 0.277. The number of aliphatic hydroxyl groups is 2. The van der Waals surface area contributed by atoms with Gasteiger partial charge in [0.25, 0.3) is 0 Å². The maximum atomic E-state index is 12.3. The lowest BCUT2D eigenvalue weighted by molar-refractivity contribution is -0.137. The monoisotopic (exact) mass is 420 g/mol. The van der Waals surface area contributed by atoms with Gasteiger partial charge in [-0.15, -0.1) is 0 Å². The summed E-state index contributed by atoms with van der Waals surface area (Å²) in [6.07, 6.45) is 17.6. The second kappa shape index (κ2) is 12.4. The van der Waals surface area contributed by atoms with Gasteiger partial charge < -0.3 is 15.3 Å². The number of hydrogen-bond acceptors (Lipinski definition) is 4. The number of carbonyl (C=O) groups is 2. The zero-order valence-electron chi connectivity index (χ0n) is 18.5. The molecule has 0 aromatic carbocycles. The fourth-order valence-electron chi connectivity index (χ4n) is 4.98. The van der Waals surface area contributed by atoms with E-state index in [1.165, 1.54) is 25.7 Å². The fraction of sp³-hybridized carbons (Fsp3) is 0.760. The van der Waals surface area contributed by atoms with Gasteiger partial charge in [-0.1, -0.05) is 56.9 Å². The van der Waals surface area contributed by atoms with E-state index < -0.39 is 12.1 Å². The van der Waals surface area contributed by atoms with Crippen LogP contribution < -0.4 is 0 Å². The van der Waals surface area contributed by atoms with E-state index in [1.807, 2.05) is 24.3 Å². The normalized spacial score (nSPS) is 27.0. The van der Waals surface area contributed by atoms with Gasteiger partial charge in [-0.05, 0) is 50.4 Å². The van der Waals surface area contributed by atoms with E-state index in [0.29, 0.717) is 25.7 Å². The molecule has 2 aliphatic carbocycles. The first-order valence-corrected chi connectivity index (χ1v) is 11.8. The van der Waals surface area contributed by atoms with Crippen LogP contribution in [0, 0.1) is 17.3 Å². The molecule has 0 spiro atoms. The minimum absolute atomic E-state index is 0.0711. The van der Waals surface area contributed by atoms with E-state index in [1.54, 1.807) is 0 Å². The van der Waals surface area contributed by atoms with Crippen molar-refractivity contribution in [2.24, 2.45) is 17.3 Å². The van der Waals surface area contributed by atoms with E-state index in [-0.39, 0.29) is 42.0 Å². The number of aliphatic carboxylic acids is 1. The lowest BCUT2D eigenvalue weighted by Gasteiger charge is -2.46. The molecule has 0 bridgehead atoms. The molecule has 0 amide bonds. The van der Waals surface area contributed by atoms with Gasteiger partial charge >= 0.3 is 5.97 Å². The molecule has 2 saturated carbocycles. The summed E-state index contributed by atoms with van der Waals surface area (Å²) in [7, 11) is 0. The summed E-state index contributed by atoms with van der Waals surface area (Å²) in [5.74, 6) is -1.14. The first-order chi connectivity index (χ1) is 14.4. The number of ketones is 1. The second-order valence-corrected chi connectivity index (χ2v) is 9.27. The maximum absolute atomic E-state index is 12.3. The maximum Gasteiger partial charge on any atom is 0.303 e. The Kier molecular flexibility index (Phi) is 10.3. The number of allylic oxidation sites excluding steroid dienone is 2. The van der Waals surface area contributed by atoms with Crippen LogP contribution in [0.25, 0.3) is 0 Å². The van der Waals surface area contributed by atoms with Crippen molar-refractivity contribution in [2.45, 2.75) is 103 Å². The number of hydrogen-bond donors (Lipinski definition) is 3. The predicted octanol–water partition coefficient (Wildman–Crippen LogP) is 4.81. The Morgan fingerprint density at radius 1 is 1.20 bits per heavy atom. The van der Waals surface area contributed by atoms with Gasteiger partial charge in [0.2, 0.25) is 0 Å². The van der Waals surface area contributed by atoms with Crippen molar-refractivity contribution in [1.82, 2.24) is 0 Å². The number of carbonyl (C=O) groups excluding carboxylic acids is 1. The molecule has 2 aliphatic rings. The first kappa shape index (κ1) is 24.8. The highest BCUT2D eigenvalue weighted by molar-refractivity contribution is 5.84. The summed E-state index contributed by atoms with van der Waals surface area (Å²) in [6, 6.07) is 0. The van der Waals surface area contributed by atoms with Crippen LogP contribution in [-0.2, 0) is 9.59 Å². The molecule has 170 valence electrons. The van der Waals surface area contributed by atoms with Crippen LogP contribution >= 0.6 is 0 Å². The smallest absolute Gasteiger partial charge is 0.303 e. The molecule has 2 fully saturated rings. The van der Waals surface area contributed by atoms with Crippen LogP contribution in [-0.4, -0.2) is 39.3 Å². The lowest BCUT2D eigenvalue weighted by atomic mass is 9.61. The topological polar surface area (TPSA) is 94.8 Å². The van der Waals surface area contributed by atoms with Crippen molar-refractivity contribution in [3.63, 3.8) is 0 Å². The molecule has 5 nitrogen and oxygen atoms in total. The Hall–Kier alpha value is -1.46. The van der Waals surface area contributed by atoms with Crippen LogP contribution in [0.2, 0.25) is 0 Å². The number of unbranched alkanes of at least 4 members (excludes halogenated alkanes) is 3. The van der Waals surface area contributed by atoms with Gasteiger partial charge in [0.15, 0.2) is 0 Å². The van der Waals surface area contributed by atoms with Crippen molar-refractivity contribution in [2.75, 3.05) is 0 Å². The Labute approximate surface area is 181 Å². The van der Waals surface area contributed by atoms with Crippen LogP contribution in [0.1, 0.15) is 90.4 Å². The molecule has 0 unspecified atom stereocenters. The van der Waals surface area contributed by atoms with Gasteiger partial charge in [-0.2, -0.15) is 0 Å². The zero-order chi connectivity index (χ0) is 22.0. The largest absolute Gasteiger partial charge is 0.481 e. The molecule has 2 rings (SSSR count). The minimum Gasteiger partial charge on any atom is -0.481 e. The third-order valence-electron chi connectivity index (χ3n) is 7.10. The summed E-state index contributed by atoms with van der Waals surface area (Å²) < 4.78 is 0. The molecule has 0 heterocycles. The Balaban J connectivity index is 1.84. The van der Waals surface area contributed by atoms with Crippen molar-refractivity contribution >= 4 is 11.8 Å². The van der Waals surface area contributed by atoms with Gasteiger partial charge in [0.1, 0.15) is 5.78 Å². The predicted molar refractivity (Wildman–Crippen MR) is 118 cm³/mol. The standard InChI is InChI=1S/C25H40O5/c1-2-3-8-15-25(16-10-17-25)23(28)13-9-12-20-19(21(26)18-22(20)27)11-6-4-5-7-14-24(29)30/h4,6,9,12,19-20,22-23,27-28H,2-3,5,7-8,10-11,13-18H2,1H3,(H,29,30)/b6-4-,12-9+/t19-,20-,22-,23+/m1/s1. The van der Waals surface area contributed by atoms with Gasteiger partial charge in [-0.25, -0.2) is 0 Å².